The number of amides is 1. The van der Waals surface area contributed by atoms with E-state index in [0.29, 0.717) is 28.7 Å². The molecule has 172 valence electrons. The molecule has 0 radical (unpaired) electrons. The molecule has 0 unspecified atom stereocenters. The number of rotatable bonds is 6. The molecule has 32 heavy (non-hydrogen) atoms. The van der Waals surface area contributed by atoms with Gasteiger partial charge < -0.3 is 14.0 Å². The van der Waals surface area contributed by atoms with E-state index < -0.39 is 17.7 Å². The van der Waals surface area contributed by atoms with Crippen LogP contribution in [-0.2, 0) is 14.3 Å². The van der Waals surface area contributed by atoms with Crippen LogP contribution in [0.1, 0.15) is 77.1 Å². The van der Waals surface area contributed by atoms with Crippen LogP contribution in [-0.4, -0.2) is 38.8 Å². The van der Waals surface area contributed by atoms with E-state index >= 15 is 0 Å². The highest BCUT2D eigenvalue weighted by Gasteiger charge is 2.20. The molecule has 0 atom stereocenters. The molecule has 1 fully saturated rings. The van der Waals surface area contributed by atoms with Gasteiger partial charge >= 0.3 is 12.1 Å². The summed E-state index contributed by atoms with van der Waals surface area (Å²) in [5.74, 6) is -0.0759. The summed E-state index contributed by atoms with van der Waals surface area (Å²) in [5.41, 5.74) is 1.04. The van der Waals surface area contributed by atoms with Crippen molar-refractivity contribution in [1.29, 1.82) is 0 Å². The van der Waals surface area contributed by atoms with Crippen LogP contribution in [0.5, 0.6) is 0 Å². The van der Waals surface area contributed by atoms with Crippen LogP contribution in [0, 0.1) is 0 Å². The maximum Gasteiger partial charge on any atom is 0.413 e. The molecule has 0 aromatic carbocycles. The summed E-state index contributed by atoms with van der Waals surface area (Å²) >= 11 is 0. The first-order chi connectivity index (χ1) is 15.2. The van der Waals surface area contributed by atoms with Gasteiger partial charge in [0.25, 0.3) is 0 Å². The second-order valence-electron chi connectivity index (χ2n) is 8.88. The molecule has 0 spiro atoms. The van der Waals surface area contributed by atoms with Crippen molar-refractivity contribution in [3.8, 4) is 0 Å². The van der Waals surface area contributed by atoms with Gasteiger partial charge in [-0.05, 0) is 64.3 Å². The highest BCUT2D eigenvalue weighted by Crippen LogP contribution is 2.29. The van der Waals surface area contributed by atoms with Gasteiger partial charge in [-0.3, -0.25) is 5.32 Å². The van der Waals surface area contributed by atoms with Crippen LogP contribution < -0.4 is 5.32 Å². The molecule has 1 amide bonds. The molecular formula is C24H32N4O4. The molecule has 8 heteroatoms. The van der Waals surface area contributed by atoms with Gasteiger partial charge in [0.15, 0.2) is 0 Å². The smallest absolute Gasteiger partial charge is 0.413 e. The minimum atomic E-state index is -0.595. The van der Waals surface area contributed by atoms with E-state index in [-0.39, 0.29) is 6.61 Å². The lowest BCUT2D eigenvalue weighted by molar-refractivity contribution is -0.136. The van der Waals surface area contributed by atoms with Gasteiger partial charge in [0.2, 0.25) is 0 Å². The minimum Gasteiger partial charge on any atom is -0.462 e. The standard InChI is InChI=1S/C24H32N4O4/c1-5-31-22(29)19(20-15-28(16-26-20)18-9-7-6-8-10-18)13-17-11-12-21(25-14-17)27-23(30)32-24(2,3)4/h11-16,18H,5-10H2,1-4H3,(H,25,27,30)/b19-13+. The van der Waals surface area contributed by atoms with Gasteiger partial charge in [0, 0.05) is 18.4 Å². The van der Waals surface area contributed by atoms with Gasteiger partial charge in [0.05, 0.1) is 24.2 Å². The topological polar surface area (TPSA) is 95.3 Å². The molecule has 3 rings (SSSR count). The zero-order valence-corrected chi connectivity index (χ0v) is 19.3. The highest BCUT2D eigenvalue weighted by atomic mass is 16.6. The number of carbonyl (C=O) groups is 2. The highest BCUT2D eigenvalue weighted by molar-refractivity contribution is 6.20. The van der Waals surface area contributed by atoms with Gasteiger partial charge in [-0.1, -0.05) is 19.3 Å². The molecule has 1 aliphatic rings. The van der Waals surface area contributed by atoms with Crippen molar-refractivity contribution in [3.05, 3.63) is 42.1 Å². The van der Waals surface area contributed by atoms with Crippen LogP contribution in [0.15, 0.2) is 30.9 Å². The van der Waals surface area contributed by atoms with Crippen molar-refractivity contribution >= 4 is 29.5 Å². The number of hydrogen-bond acceptors (Lipinski definition) is 6. The van der Waals surface area contributed by atoms with E-state index in [2.05, 4.69) is 19.9 Å². The van der Waals surface area contributed by atoms with Crippen molar-refractivity contribution in [1.82, 2.24) is 14.5 Å². The first-order valence-electron chi connectivity index (χ1n) is 11.1. The van der Waals surface area contributed by atoms with E-state index in [1.54, 1.807) is 58.4 Å². The third-order valence-corrected chi connectivity index (χ3v) is 5.10. The normalized spacial score (nSPS) is 15.3. The van der Waals surface area contributed by atoms with E-state index in [0.717, 1.165) is 12.8 Å². The number of pyridine rings is 1. The zero-order chi connectivity index (χ0) is 23.1. The largest absolute Gasteiger partial charge is 0.462 e. The third-order valence-electron chi connectivity index (χ3n) is 5.10. The summed E-state index contributed by atoms with van der Waals surface area (Å²) < 4.78 is 12.6. The SMILES string of the molecule is CCOC(=O)/C(=C/c1ccc(NC(=O)OC(C)(C)C)nc1)c1cn(C2CCCCC2)cn1. The molecule has 2 aromatic rings. The average molecular weight is 441 g/mol. The molecule has 2 heterocycles. The number of nitrogens with zero attached hydrogens (tertiary/aromatic N) is 3. The number of carbonyl (C=O) groups excluding carboxylic acids is 2. The van der Waals surface area contributed by atoms with Gasteiger partial charge in [0.1, 0.15) is 11.4 Å². The Morgan fingerprint density at radius 2 is 1.94 bits per heavy atom. The number of ether oxygens (including phenoxy) is 2. The first kappa shape index (κ1) is 23.5. The van der Waals surface area contributed by atoms with E-state index in [4.69, 9.17) is 9.47 Å². The van der Waals surface area contributed by atoms with Crippen molar-refractivity contribution in [2.75, 3.05) is 11.9 Å². The number of nitrogens with one attached hydrogen (secondary N) is 1. The average Bonchev–Trinajstić information content (AvgIpc) is 3.22. The molecule has 1 saturated carbocycles. The molecule has 1 N–H and O–H groups in total. The third kappa shape index (κ3) is 6.67. The summed E-state index contributed by atoms with van der Waals surface area (Å²) in [7, 11) is 0. The number of hydrogen-bond donors (Lipinski definition) is 1. The molecule has 1 aliphatic carbocycles. The zero-order valence-electron chi connectivity index (χ0n) is 19.3. The minimum absolute atomic E-state index is 0.274. The van der Waals surface area contributed by atoms with E-state index in [1.165, 1.54) is 19.3 Å². The number of anilines is 1. The Morgan fingerprint density at radius 1 is 1.19 bits per heavy atom. The van der Waals surface area contributed by atoms with Crippen molar-refractivity contribution in [2.24, 2.45) is 0 Å². The monoisotopic (exact) mass is 440 g/mol. The molecule has 0 bridgehead atoms. The van der Waals surface area contributed by atoms with Crippen LogP contribution in [0.25, 0.3) is 11.6 Å². The van der Waals surface area contributed by atoms with Gasteiger partial charge in [-0.15, -0.1) is 0 Å². The first-order valence-corrected chi connectivity index (χ1v) is 11.1. The van der Waals surface area contributed by atoms with Crippen LogP contribution in [0.4, 0.5) is 10.6 Å². The quantitative estimate of drug-likeness (QED) is 0.488. The maximum absolute atomic E-state index is 12.6. The molecule has 0 saturated heterocycles. The summed E-state index contributed by atoms with van der Waals surface area (Å²) in [6.07, 6.45) is 12.4. The number of esters is 1. The van der Waals surface area contributed by atoms with Gasteiger partial charge in [-0.25, -0.2) is 19.6 Å². The fourth-order valence-electron chi connectivity index (χ4n) is 3.64. The molecule has 2 aromatic heterocycles. The lowest BCUT2D eigenvalue weighted by Gasteiger charge is -2.22. The predicted molar refractivity (Wildman–Crippen MR) is 123 cm³/mol. The summed E-state index contributed by atoms with van der Waals surface area (Å²) in [6, 6.07) is 3.84. The fourth-order valence-corrected chi connectivity index (χ4v) is 3.64. The summed E-state index contributed by atoms with van der Waals surface area (Å²) in [6.45, 7) is 7.42. The number of imidazole rings is 1. The van der Waals surface area contributed by atoms with Crippen molar-refractivity contribution < 1.29 is 19.1 Å². The summed E-state index contributed by atoms with van der Waals surface area (Å²) in [4.78, 5) is 33.3. The lowest BCUT2D eigenvalue weighted by Crippen LogP contribution is -2.27. The van der Waals surface area contributed by atoms with Crippen LogP contribution in [0.2, 0.25) is 0 Å². The van der Waals surface area contributed by atoms with E-state index in [9.17, 15) is 9.59 Å². The van der Waals surface area contributed by atoms with Crippen molar-refractivity contribution in [2.45, 2.75) is 71.4 Å². The molecule has 0 aliphatic heterocycles. The van der Waals surface area contributed by atoms with Crippen LogP contribution in [0.3, 0.4) is 0 Å². The Hall–Kier alpha value is -3.16. The Labute approximate surface area is 189 Å². The second kappa shape index (κ2) is 10.4. The lowest BCUT2D eigenvalue weighted by atomic mass is 9.95. The fraction of sp³-hybridized carbons (Fsp3) is 0.500. The van der Waals surface area contributed by atoms with E-state index in [1.807, 2.05) is 6.20 Å². The van der Waals surface area contributed by atoms with Crippen molar-refractivity contribution in [3.63, 3.8) is 0 Å². The van der Waals surface area contributed by atoms with Gasteiger partial charge in [-0.2, -0.15) is 0 Å². The Balaban J connectivity index is 1.78. The second-order valence-corrected chi connectivity index (χ2v) is 8.88. The van der Waals surface area contributed by atoms with Crippen LogP contribution >= 0.6 is 0 Å². The Kier molecular flexibility index (Phi) is 7.66. The molecular weight excluding hydrogens is 408 g/mol. The Bertz CT molecular complexity index is 951. The maximum atomic E-state index is 12.6. The summed E-state index contributed by atoms with van der Waals surface area (Å²) in [5, 5.41) is 2.59. The predicted octanol–water partition coefficient (Wildman–Crippen LogP) is 5.23. The Morgan fingerprint density at radius 3 is 2.56 bits per heavy atom. The molecule has 8 nitrogen and oxygen atoms in total. The number of aromatic nitrogens is 3.